The molecule has 0 heterocycles. The van der Waals surface area contributed by atoms with Gasteiger partial charge in [-0.25, -0.2) is 0 Å². The zero-order valence-corrected chi connectivity index (χ0v) is 67.9. The van der Waals surface area contributed by atoms with Gasteiger partial charge in [0.2, 0.25) is 0 Å². The van der Waals surface area contributed by atoms with Crippen LogP contribution in [0.4, 0.5) is 0 Å². The molecule has 0 atom stereocenters. The van der Waals surface area contributed by atoms with E-state index in [0.717, 1.165) is 0 Å². The van der Waals surface area contributed by atoms with E-state index in [1.54, 1.807) is 0 Å². The molecule has 22 rings (SSSR count). The van der Waals surface area contributed by atoms with Crippen LogP contribution in [0.2, 0.25) is 0 Å². The molecule has 22 aromatic rings. The van der Waals surface area contributed by atoms with Crippen LogP contribution in [-0.2, 0) is 0 Å². The lowest BCUT2D eigenvalue weighted by atomic mass is 9.89. The van der Waals surface area contributed by atoms with Gasteiger partial charge in [0.15, 0.2) is 0 Å². The summed E-state index contributed by atoms with van der Waals surface area (Å²) in [5.74, 6) is 0. The molecule has 0 N–H and O–H groups in total. The van der Waals surface area contributed by atoms with Crippen molar-refractivity contribution < 1.29 is 0 Å². The van der Waals surface area contributed by atoms with Crippen molar-refractivity contribution in [1.29, 1.82) is 0 Å². The van der Waals surface area contributed by atoms with Gasteiger partial charge in [-0.15, -0.1) is 0 Å². The van der Waals surface area contributed by atoms with Crippen LogP contribution in [0.3, 0.4) is 0 Å². The Kier molecular flexibility index (Phi) is 21.0. The van der Waals surface area contributed by atoms with Gasteiger partial charge >= 0.3 is 0 Å². The van der Waals surface area contributed by atoms with Crippen molar-refractivity contribution in [2.45, 2.75) is 27.7 Å². The van der Waals surface area contributed by atoms with Gasteiger partial charge in [0.25, 0.3) is 0 Å². The number of rotatable bonds is 10. The van der Waals surface area contributed by atoms with Gasteiger partial charge in [-0.1, -0.05) is 399 Å². The fourth-order valence-corrected chi connectivity index (χ4v) is 17.4. The molecule has 0 radical (unpaired) electrons. The van der Waals surface area contributed by atoms with Crippen LogP contribution in [-0.4, -0.2) is 0 Å². The molecule has 0 aromatic heterocycles. The predicted octanol–water partition coefficient (Wildman–Crippen LogP) is 33.9. The summed E-state index contributed by atoms with van der Waals surface area (Å²) >= 11 is 0. The third-order valence-electron chi connectivity index (χ3n) is 23.7. The number of fused-ring (bicyclic) bond motifs is 8. The Labute approximate surface area is 703 Å². The minimum atomic E-state index is 1.24. The molecule has 0 heteroatoms. The number of hydrogen-bond donors (Lipinski definition) is 0. The fourth-order valence-electron chi connectivity index (χ4n) is 17.4. The second-order valence-electron chi connectivity index (χ2n) is 31.8. The van der Waals surface area contributed by atoms with Gasteiger partial charge in [0.05, 0.1) is 0 Å². The van der Waals surface area contributed by atoms with Gasteiger partial charge in [-0.2, -0.15) is 0 Å². The van der Waals surface area contributed by atoms with E-state index in [1.807, 2.05) is 0 Å². The molecule has 0 saturated carbocycles. The highest BCUT2D eigenvalue weighted by Gasteiger charge is 2.17. The van der Waals surface area contributed by atoms with E-state index in [0.29, 0.717) is 0 Å². The van der Waals surface area contributed by atoms with E-state index in [1.165, 1.54) is 220 Å². The average molecular weight is 1530 g/mol. The van der Waals surface area contributed by atoms with Gasteiger partial charge in [-0.3, -0.25) is 0 Å². The standard InChI is InChI=1S/3C33H24.C21H16/c1-23-9-6-14-26(19-23)27-20-28(32-17-7-12-24-10-2-4-15-30(24)32)22-29(21-27)33-18-8-13-25-11-3-5-16-31(25)33;1-23-7-6-12-26(17-23)31-20-32(29-15-13-24-8-2-4-10-27(24)18-29)22-33(21-31)30-16-14-25-9-3-5-11-28(25)19-30;1-23-10-12-26(13-11-23)31-20-32(29-16-14-24-6-2-4-8-27(24)18-29)22-33(21-31)30-17-15-25-7-3-5-9-28(25)19-30;1-15-17-11-5-7-13-19(17)21(16-9-3-2-4-10-16)20-14-8-6-12-18(15)20/h3*2-22H,1H3;2-14H,1H3. The fraction of sp³-hybridized carbons (Fsp3) is 0.0333. The van der Waals surface area contributed by atoms with E-state index in [9.17, 15) is 0 Å². The van der Waals surface area contributed by atoms with E-state index in [4.69, 9.17) is 0 Å². The molecule has 0 unspecified atom stereocenters. The second kappa shape index (κ2) is 33.6. The van der Waals surface area contributed by atoms with Crippen molar-refractivity contribution in [3.8, 4) is 111 Å². The highest BCUT2D eigenvalue weighted by molar-refractivity contribution is 6.15. The summed E-state index contributed by atoms with van der Waals surface area (Å²) < 4.78 is 0. The zero-order valence-electron chi connectivity index (χ0n) is 67.9. The van der Waals surface area contributed by atoms with E-state index in [2.05, 4.69) is 489 Å². The van der Waals surface area contributed by atoms with Gasteiger partial charge < -0.3 is 0 Å². The molecule has 0 aliphatic carbocycles. The summed E-state index contributed by atoms with van der Waals surface area (Å²) in [5.41, 5.74) is 30.2. The molecule has 0 saturated heterocycles. The highest BCUT2D eigenvalue weighted by Crippen LogP contribution is 2.43. The Morgan fingerprint density at radius 2 is 0.367 bits per heavy atom. The third kappa shape index (κ3) is 15.9. The molecule has 568 valence electrons. The van der Waals surface area contributed by atoms with Gasteiger partial charge in [0, 0.05) is 0 Å². The lowest BCUT2D eigenvalue weighted by Gasteiger charge is -2.15. The molecule has 0 spiro atoms. The molecule has 0 nitrogen and oxygen atoms in total. The van der Waals surface area contributed by atoms with Gasteiger partial charge in [0.1, 0.15) is 0 Å². The second-order valence-corrected chi connectivity index (χ2v) is 31.8. The quantitative estimate of drug-likeness (QED) is 0.120. The molecular formula is C120H88. The molecule has 0 aliphatic heterocycles. The van der Waals surface area contributed by atoms with Crippen LogP contribution in [0.15, 0.2) is 461 Å². The summed E-state index contributed by atoms with van der Waals surface area (Å²) in [6.45, 7) is 8.67. The summed E-state index contributed by atoms with van der Waals surface area (Å²) in [6.07, 6.45) is 0. The molecule has 0 amide bonds. The van der Waals surface area contributed by atoms with Crippen LogP contribution in [0.1, 0.15) is 22.3 Å². The maximum Gasteiger partial charge on any atom is -0.00266 e. The minimum absolute atomic E-state index is 1.24. The summed E-state index contributed by atoms with van der Waals surface area (Å²) in [7, 11) is 0. The normalized spacial score (nSPS) is 11.2. The van der Waals surface area contributed by atoms with Crippen molar-refractivity contribution in [2.24, 2.45) is 0 Å². The number of benzene rings is 22. The first kappa shape index (κ1) is 75.0. The molecular weight excluding hydrogens is 1440 g/mol. The summed E-state index contributed by atoms with van der Waals surface area (Å²) in [5, 5.41) is 20.6. The van der Waals surface area contributed by atoms with Crippen molar-refractivity contribution in [1.82, 2.24) is 0 Å². The topological polar surface area (TPSA) is 0 Å². The third-order valence-corrected chi connectivity index (χ3v) is 23.7. The first-order valence-electron chi connectivity index (χ1n) is 41.6. The SMILES string of the molecule is Cc1c2ccccc2c(-c2ccccc2)c2ccccc12.Cc1ccc(-c2cc(-c3ccc4ccccc4c3)cc(-c3ccc4ccccc4c3)c2)cc1.Cc1cccc(-c2cc(-c3ccc4ccccc4c3)cc(-c3ccc4ccccc4c3)c2)c1.Cc1cccc(-c2cc(-c3cccc4ccccc34)cc(-c3cccc4ccccc34)c2)c1. The van der Waals surface area contributed by atoms with E-state index < -0.39 is 0 Å². The van der Waals surface area contributed by atoms with Crippen molar-refractivity contribution in [3.63, 3.8) is 0 Å². The monoisotopic (exact) mass is 1530 g/mol. The van der Waals surface area contributed by atoms with Crippen molar-refractivity contribution in [2.75, 3.05) is 0 Å². The Bertz CT molecular complexity index is 7210. The largest absolute Gasteiger partial charge is 0.0622 e. The highest BCUT2D eigenvalue weighted by atomic mass is 14.2. The van der Waals surface area contributed by atoms with Crippen LogP contribution in [0.25, 0.3) is 197 Å². The predicted molar refractivity (Wildman–Crippen MR) is 519 cm³/mol. The molecule has 0 bridgehead atoms. The first-order valence-corrected chi connectivity index (χ1v) is 41.6. The van der Waals surface area contributed by atoms with Crippen molar-refractivity contribution >= 4 is 86.2 Å². The maximum absolute atomic E-state index is 2.35. The van der Waals surface area contributed by atoms with E-state index in [-0.39, 0.29) is 0 Å². The maximum atomic E-state index is 2.35. The summed E-state index contributed by atoms with van der Waals surface area (Å²) in [6, 6.07) is 167. The first-order chi connectivity index (χ1) is 59.1. The number of aryl methyl sites for hydroxylation is 4. The minimum Gasteiger partial charge on any atom is -0.0622 e. The Morgan fingerprint density at radius 3 is 0.725 bits per heavy atom. The van der Waals surface area contributed by atoms with Crippen LogP contribution in [0, 0.1) is 27.7 Å². The van der Waals surface area contributed by atoms with Crippen molar-refractivity contribution in [3.05, 3.63) is 483 Å². The van der Waals surface area contributed by atoms with Crippen LogP contribution < -0.4 is 0 Å². The zero-order chi connectivity index (χ0) is 80.8. The lowest BCUT2D eigenvalue weighted by molar-refractivity contribution is 1.46. The lowest BCUT2D eigenvalue weighted by Crippen LogP contribution is -1.88. The molecule has 0 aliphatic rings. The smallest absolute Gasteiger partial charge is 0.00266 e. The van der Waals surface area contributed by atoms with Gasteiger partial charge in [-0.05, 0) is 310 Å². The average Bonchev–Trinajstić information content (AvgIpc) is 0.762. The van der Waals surface area contributed by atoms with Crippen LogP contribution >= 0.6 is 0 Å². The number of hydrogen-bond acceptors (Lipinski definition) is 0. The van der Waals surface area contributed by atoms with E-state index >= 15 is 0 Å². The summed E-state index contributed by atoms with van der Waals surface area (Å²) in [4.78, 5) is 0. The molecule has 22 aromatic carbocycles. The van der Waals surface area contributed by atoms with Crippen LogP contribution in [0.5, 0.6) is 0 Å². The molecule has 120 heavy (non-hydrogen) atoms. The Hall–Kier alpha value is -15.1. The Balaban J connectivity index is 0.000000107. The Morgan fingerprint density at radius 1 is 0.117 bits per heavy atom. The molecule has 0 fully saturated rings.